The van der Waals surface area contributed by atoms with Crippen LogP contribution in [0.5, 0.6) is 5.75 Å². The molecule has 0 saturated carbocycles. The molecule has 2 saturated heterocycles. The minimum Gasteiger partial charge on any atom is -0.497 e. The van der Waals surface area contributed by atoms with Crippen molar-refractivity contribution in [2.24, 2.45) is 11.8 Å². The van der Waals surface area contributed by atoms with E-state index in [0.29, 0.717) is 19.6 Å². The highest BCUT2D eigenvalue weighted by atomic mass is 32.2. The molecule has 2 heterocycles. The molecule has 0 aliphatic carbocycles. The molecule has 200 valence electrons. The average molecular weight is 529 g/mol. The number of hydrogen-bond donors (Lipinski definition) is 1. The molecular weight excluding hydrogens is 484 g/mol. The van der Waals surface area contributed by atoms with E-state index in [1.807, 2.05) is 61.6 Å². The predicted molar refractivity (Wildman–Crippen MR) is 144 cm³/mol. The van der Waals surface area contributed by atoms with Crippen molar-refractivity contribution in [1.82, 2.24) is 0 Å². The molecule has 35 heavy (non-hydrogen) atoms. The van der Waals surface area contributed by atoms with Crippen LogP contribution < -0.4 is 4.74 Å². The Morgan fingerprint density at radius 2 is 1.71 bits per heavy atom. The summed E-state index contributed by atoms with van der Waals surface area (Å²) in [6.07, 6.45) is 0.450. The number of rotatable bonds is 12. The lowest BCUT2D eigenvalue weighted by Gasteiger charge is -2.45. The van der Waals surface area contributed by atoms with Crippen molar-refractivity contribution >= 4 is 23.5 Å². The van der Waals surface area contributed by atoms with Gasteiger partial charge in [-0.25, -0.2) is 0 Å². The summed E-state index contributed by atoms with van der Waals surface area (Å²) in [5.74, 6) is 2.82. The third-order valence-corrected chi connectivity index (χ3v) is 10.7. The zero-order valence-electron chi connectivity index (χ0n) is 22.3. The van der Waals surface area contributed by atoms with Gasteiger partial charge in [0.05, 0.1) is 42.7 Å². The second-order valence-electron chi connectivity index (χ2n) is 10.4. The van der Waals surface area contributed by atoms with Crippen LogP contribution in [0.1, 0.15) is 53.0 Å². The number of aliphatic hydroxyl groups is 1. The number of methoxy groups -OCH3 is 2. The highest BCUT2D eigenvalue weighted by Crippen LogP contribution is 2.53. The summed E-state index contributed by atoms with van der Waals surface area (Å²) in [4.78, 5) is 0. The lowest BCUT2D eigenvalue weighted by Crippen LogP contribution is -2.49. The van der Waals surface area contributed by atoms with E-state index in [4.69, 9.17) is 23.7 Å². The van der Waals surface area contributed by atoms with Crippen molar-refractivity contribution in [2.75, 3.05) is 32.3 Å². The number of thioether (sulfide) groups is 2. The Morgan fingerprint density at radius 1 is 1.06 bits per heavy atom. The molecule has 2 aliphatic rings. The minimum atomic E-state index is -0.667. The van der Waals surface area contributed by atoms with Crippen molar-refractivity contribution in [3.05, 3.63) is 29.8 Å². The molecule has 1 N–H and O–H groups in total. The lowest BCUT2D eigenvalue weighted by atomic mass is 9.90. The van der Waals surface area contributed by atoms with Crippen LogP contribution in [0.4, 0.5) is 0 Å². The summed E-state index contributed by atoms with van der Waals surface area (Å²) in [6.45, 7) is 11.5. The van der Waals surface area contributed by atoms with Gasteiger partial charge < -0.3 is 28.8 Å². The van der Waals surface area contributed by atoms with Gasteiger partial charge in [-0.2, -0.15) is 0 Å². The van der Waals surface area contributed by atoms with Gasteiger partial charge in [-0.1, -0.05) is 32.9 Å². The molecule has 0 radical (unpaired) electrons. The summed E-state index contributed by atoms with van der Waals surface area (Å²) in [6, 6.07) is 7.88. The molecular formula is C27H44O6S2. The monoisotopic (exact) mass is 528 g/mol. The number of hydrogen-bond acceptors (Lipinski definition) is 8. The topological polar surface area (TPSA) is 66.4 Å². The van der Waals surface area contributed by atoms with Gasteiger partial charge in [0.2, 0.25) is 0 Å². The molecule has 2 fully saturated rings. The fourth-order valence-corrected chi connectivity index (χ4v) is 8.59. The molecule has 2 aliphatic heterocycles. The van der Waals surface area contributed by atoms with Crippen molar-refractivity contribution in [2.45, 2.75) is 88.3 Å². The van der Waals surface area contributed by atoms with E-state index in [1.165, 1.54) is 6.42 Å². The molecule has 0 spiro atoms. The van der Waals surface area contributed by atoms with Crippen LogP contribution in [0, 0.1) is 11.8 Å². The first kappa shape index (κ1) is 29.1. The Bertz CT molecular complexity index is 765. The Hall–Kier alpha value is -0.480. The lowest BCUT2D eigenvalue weighted by molar-refractivity contribution is -0.146. The van der Waals surface area contributed by atoms with Gasteiger partial charge in [-0.05, 0) is 55.4 Å². The summed E-state index contributed by atoms with van der Waals surface area (Å²) < 4.78 is 29.5. The summed E-state index contributed by atoms with van der Waals surface area (Å²) >= 11 is 3.91. The van der Waals surface area contributed by atoms with Crippen LogP contribution in [-0.4, -0.2) is 71.7 Å². The van der Waals surface area contributed by atoms with Crippen LogP contribution in [-0.2, 0) is 25.6 Å². The van der Waals surface area contributed by atoms with Gasteiger partial charge in [0, 0.05) is 19.4 Å². The van der Waals surface area contributed by atoms with Crippen molar-refractivity contribution in [1.29, 1.82) is 0 Å². The number of aliphatic hydroxyl groups excluding tert-OH is 1. The average Bonchev–Trinajstić information content (AvgIpc) is 3.21. The molecule has 1 aromatic carbocycles. The Labute approximate surface area is 220 Å². The quantitative estimate of drug-likeness (QED) is 0.389. The SMILES string of the molecule is COc1ccc(CO[C@H](C(C)C)[C@@H](OC)[C@H](O)CC2([C@@H](C)[C@@H]3COC(C)(C)O3)SCCCS2)cc1. The first-order valence-electron chi connectivity index (χ1n) is 12.7. The molecule has 3 rings (SSSR count). The smallest absolute Gasteiger partial charge is 0.163 e. The highest BCUT2D eigenvalue weighted by molar-refractivity contribution is 8.18. The Kier molecular flexibility index (Phi) is 10.7. The van der Waals surface area contributed by atoms with E-state index in [9.17, 15) is 5.11 Å². The maximum atomic E-state index is 11.6. The summed E-state index contributed by atoms with van der Waals surface area (Å²) in [5.41, 5.74) is 1.06. The van der Waals surface area contributed by atoms with Crippen molar-refractivity contribution in [3.8, 4) is 5.75 Å². The predicted octanol–water partition coefficient (Wildman–Crippen LogP) is 5.36. The normalized spacial score (nSPS) is 25.2. The third kappa shape index (κ3) is 7.53. The van der Waals surface area contributed by atoms with Crippen LogP contribution in [0.15, 0.2) is 24.3 Å². The van der Waals surface area contributed by atoms with Gasteiger partial charge in [0.1, 0.15) is 11.9 Å². The van der Waals surface area contributed by atoms with Crippen LogP contribution in [0.2, 0.25) is 0 Å². The Balaban J connectivity index is 1.72. The van der Waals surface area contributed by atoms with Crippen LogP contribution >= 0.6 is 23.5 Å². The number of benzene rings is 1. The largest absolute Gasteiger partial charge is 0.497 e. The van der Waals surface area contributed by atoms with Gasteiger partial charge in [-0.15, -0.1) is 23.5 Å². The van der Waals surface area contributed by atoms with E-state index in [2.05, 4.69) is 20.8 Å². The molecule has 8 heteroatoms. The van der Waals surface area contributed by atoms with E-state index >= 15 is 0 Å². The molecule has 0 aromatic heterocycles. The fourth-order valence-electron chi connectivity index (χ4n) is 4.90. The maximum Gasteiger partial charge on any atom is 0.163 e. The number of ether oxygens (including phenoxy) is 5. The standard InChI is InChI=1S/C27H44O6S2/c1-18(2)24(31-16-20-9-11-21(29-6)12-10-20)25(30-7)22(28)15-27(34-13-8-14-35-27)19(3)23-17-32-26(4,5)33-23/h9-12,18-19,22-25,28H,8,13-17H2,1-7H3/t19-,22+,23-,24+,25-/m0/s1. The van der Waals surface area contributed by atoms with Gasteiger partial charge in [0.25, 0.3) is 0 Å². The minimum absolute atomic E-state index is 0.00325. The van der Waals surface area contributed by atoms with E-state index in [-0.39, 0.29) is 28.1 Å². The van der Waals surface area contributed by atoms with Crippen molar-refractivity contribution < 1.29 is 28.8 Å². The fraction of sp³-hybridized carbons (Fsp3) is 0.778. The van der Waals surface area contributed by atoms with E-state index in [1.54, 1.807) is 14.2 Å². The van der Waals surface area contributed by atoms with Gasteiger partial charge in [0.15, 0.2) is 5.79 Å². The van der Waals surface area contributed by atoms with E-state index < -0.39 is 18.0 Å². The highest BCUT2D eigenvalue weighted by Gasteiger charge is 2.49. The van der Waals surface area contributed by atoms with Crippen LogP contribution in [0.25, 0.3) is 0 Å². The maximum absolute atomic E-state index is 11.6. The third-order valence-electron chi connectivity index (χ3n) is 6.99. The molecule has 6 nitrogen and oxygen atoms in total. The van der Waals surface area contributed by atoms with Gasteiger partial charge in [-0.3, -0.25) is 0 Å². The molecule has 5 atom stereocenters. The second kappa shape index (κ2) is 12.9. The zero-order valence-corrected chi connectivity index (χ0v) is 24.0. The van der Waals surface area contributed by atoms with E-state index in [0.717, 1.165) is 22.8 Å². The first-order valence-corrected chi connectivity index (χ1v) is 14.6. The first-order chi connectivity index (χ1) is 16.6. The molecule has 0 amide bonds. The molecule has 1 aromatic rings. The second-order valence-corrected chi connectivity index (χ2v) is 13.5. The van der Waals surface area contributed by atoms with Gasteiger partial charge >= 0.3 is 0 Å². The zero-order chi connectivity index (χ0) is 25.6. The summed E-state index contributed by atoms with van der Waals surface area (Å²) in [7, 11) is 3.34. The molecule has 0 unspecified atom stereocenters. The Morgan fingerprint density at radius 3 is 2.23 bits per heavy atom. The van der Waals surface area contributed by atoms with Crippen molar-refractivity contribution in [3.63, 3.8) is 0 Å². The molecule has 0 bridgehead atoms. The van der Waals surface area contributed by atoms with Crippen LogP contribution in [0.3, 0.4) is 0 Å². The summed E-state index contributed by atoms with van der Waals surface area (Å²) in [5, 5.41) is 11.6.